The van der Waals surface area contributed by atoms with Gasteiger partial charge in [-0.2, -0.15) is 5.10 Å². The van der Waals surface area contributed by atoms with Crippen LogP contribution in [0.1, 0.15) is 18.9 Å². The molecule has 0 radical (unpaired) electrons. The maximum atomic E-state index is 14.0. The van der Waals surface area contributed by atoms with Crippen molar-refractivity contribution < 1.29 is 4.39 Å². The fourth-order valence-corrected chi connectivity index (χ4v) is 3.46. The highest BCUT2D eigenvalue weighted by molar-refractivity contribution is 5.80. The standard InChI is InChI=1S/C21H25FN8/c1-2-24-21(26-12-16-5-7-18(8-6-16)30-15-23-14-27-30)28-17-9-11-29(13-17)20-19(22)4-3-10-25-20/h3-8,10,14-15,17H,2,9,11-13H2,1H3,(H2,24,26,28). The lowest BCUT2D eigenvalue weighted by molar-refractivity contribution is 0.612. The summed E-state index contributed by atoms with van der Waals surface area (Å²) >= 11 is 0. The van der Waals surface area contributed by atoms with E-state index >= 15 is 0 Å². The summed E-state index contributed by atoms with van der Waals surface area (Å²) in [5.41, 5.74) is 2.05. The maximum Gasteiger partial charge on any atom is 0.191 e. The zero-order valence-electron chi connectivity index (χ0n) is 16.9. The summed E-state index contributed by atoms with van der Waals surface area (Å²) in [5, 5.41) is 10.9. The van der Waals surface area contributed by atoms with Crippen LogP contribution in [0.25, 0.3) is 5.69 Å². The van der Waals surface area contributed by atoms with Crippen LogP contribution in [0.4, 0.5) is 10.2 Å². The predicted molar refractivity (Wildman–Crippen MR) is 114 cm³/mol. The molecule has 0 aliphatic carbocycles. The fourth-order valence-electron chi connectivity index (χ4n) is 3.46. The van der Waals surface area contributed by atoms with E-state index in [9.17, 15) is 4.39 Å². The first-order valence-electron chi connectivity index (χ1n) is 10.1. The number of aliphatic imine (C=N–C) groups is 1. The fraction of sp³-hybridized carbons (Fsp3) is 0.333. The second-order valence-corrected chi connectivity index (χ2v) is 7.09. The van der Waals surface area contributed by atoms with Gasteiger partial charge in [0.2, 0.25) is 0 Å². The first kappa shape index (κ1) is 19.8. The Kier molecular flexibility index (Phi) is 6.17. The second-order valence-electron chi connectivity index (χ2n) is 7.09. The van der Waals surface area contributed by atoms with Gasteiger partial charge >= 0.3 is 0 Å². The Morgan fingerprint density at radius 1 is 1.27 bits per heavy atom. The van der Waals surface area contributed by atoms with Crippen LogP contribution < -0.4 is 15.5 Å². The first-order valence-corrected chi connectivity index (χ1v) is 10.1. The van der Waals surface area contributed by atoms with E-state index in [1.807, 2.05) is 36.1 Å². The number of anilines is 1. The summed E-state index contributed by atoms with van der Waals surface area (Å²) in [6.07, 6.45) is 5.70. The molecule has 1 atom stereocenters. The normalized spacial score (nSPS) is 16.7. The van der Waals surface area contributed by atoms with Gasteiger partial charge in [0.15, 0.2) is 17.6 Å². The summed E-state index contributed by atoms with van der Waals surface area (Å²) in [7, 11) is 0. The Balaban J connectivity index is 1.37. The van der Waals surface area contributed by atoms with Crippen molar-refractivity contribution >= 4 is 11.8 Å². The van der Waals surface area contributed by atoms with E-state index in [0.717, 1.165) is 36.7 Å². The van der Waals surface area contributed by atoms with Crippen molar-refractivity contribution in [2.75, 3.05) is 24.5 Å². The largest absolute Gasteiger partial charge is 0.357 e. The molecule has 1 aromatic carbocycles. The molecule has 0 saturated carbocycles. The van der Waals surface area contributed by atoms with Crippen LogP contribution in [0, 0.1) is 5.82 Å². The van der Waals surface area contributed by atoms with Gasteiger partial charge in [-0.05, 0) is 43.2 Å². The Morgan fingerprint density at radius 3 is 2.87 bits per heavy atom. The minimum atomic E-state index is -0.284. The molecule has 4 rings (SSSR count). The van der Waals surface area contributed by atoms with Crippen LogP contribution in [0.3, 0.4) is 0 Å². The van der Waals surface area contributed by atoms with Crippen LogP contribution in [0.2, 0.25) is 0 Å². The lowest BCUT2D eigenvalue weighted by atomic mass is 10.2. The van der Waals surface area contributed by atoms with Crippen LogP contribution in [0.15, 0.2) is 60.2 Å². The molecule has 1 aliphatic rings. The number of aromatic nitrogens is 4. The number of pyridine rings is 1. The second kappa shape index (κ2) is 9.34. The minimum Gasteiger partial charge on any atom is -0.357 e. The van der Waals surface area contributed by atoms with Gasteiger partial charge < -0.3 is 15.5 Å². The van der Waals surface area contributed by atoms with Gasteiger partial charge in [0.05, 0.1) is 12.2 Å². The van der Waals surface area contributed by atoms with Crippen molar-refractivity contribution in [3.05, 3.63) is 66.6 Å². The number of nitrogens with zero attached hydrogens (tertiary/aromatic N) is 6. The molecule has 3 heterocycles. The molecule has 9 heteroatoms. The van der Waals surface area contributed by atoms with E-state index < -0.39 is 0 Å². The van der Waals surface area contributed by atoms with Crippen molar-refractivity contribution in [2.45, 2.75) is 25.9 Å². The van der Waals surface area contributed by atoms with Crippen molar-refractivity contribution in [2.24, 2.45) is 4.99 Å². The Morgan fingerprint density at radius 2 is 2.13 bits per heavy atom. The Hall–Kier alpha value is -3.49. The molecular formula is C21H25FN8. The summed E-state index contributed by atoms with van der Waals surface area (Å²) < 4.78 is 15.7. The summed E-state index contributed by atoms with van der Waals surface area (Å²) in [5.74, 6) is 0.885. The molecule has 1 saturated heterocycles. The lowest BCUT2D eigenvalue weighted by Crippen LogP contribution is -2.44. The number of hydrogen-bond donors (Lipinski definition) is 2. The van der Waals surface area contributed by atoms with Gasteiger partial charge in [-0.3, -0.25) is 0 Å². The van der Waals surface area contributed by atoms with Crippen LogP contribution in [0.5, 0.6) is 0 Å². The topological polar surface area (TPSA) is 83.3 Å². The van der Waals surface area contributed by atoms with Gasteiger partial charge in [0.25, 0.3) is 0 Å². The summed E-state index contributed by atoms with van der Waals surface area (Å²) in [6, 6.07) is 11.3. The third kappa shape index (κ3) is 4.73. The monoisotopic (exact) mass is 408 g/mol. The zero-order valence-corrected chi connectivity index (χ0v) is 16.9. The molecule has 1 aliphatic heterocycles. The highest BCUT2D eigenvalue weighted by Crippen LogP contribution is 2.20. The number of hydrogen-bond acceptors (Lipinski definition) is 5. The van der Waals surface area contributed by atoms with Crippen molar-refractivity contribution in [1.82, 2.24) is 30.4 Å². The van der Waals surface area contributed by atoms with E-state index in [1.165, 1.54) is 12.4 Å². The van der Waals surface area contributed by atoms with Crippen molar-refractivity contribution in [1.29, 1.82) is 0 Å². The molecule has 2 N–H and O–H groups in total. The number of rotatable bonds is 6. The Bertz CT molecular complexity index is 971. The molecule has 3 aromatic rings. The van der Waals surface area contributed by atoms with Gasteiger partial charge in [0, 0.05) is 31.9 Å². The third-order valence-electron chi connectivity index (χ3n) is 4.95. The first-order chi connectivity index (χ1) is 14.7. The summed E-state index contributed by atoms with van der Waals surface area (Å²) in [6.45, 7) is 4.80. The molecule has 1 fully saturated rings. The molecule has 156 valence electrons. The predicted octanol–water partition coefficient (Wildman–Crippen LogP) is 2.14. The number of nitrogens with one attached hydrogen (secondary N) is 2. The smallest absolute Gasteiger partial charge is 0.191 e. The lowest BCUT2D eigenvalue weighted by Gasteiger charge is -2.20. The number of guanidine groups is 1. The highest BCUT2D eigenvalue weighted by Gasteiger charge is 2.25. The van der Waals surface area contributed by atoms with Gasteiger partial charge in [-0.1, -0.05) is 12.1 Å². The van der Waals surface area contributed by atoms with Crippen LogP contribution in [-0.2, 0) is 6.54 Å². The van der Waals surface area contributed by atoms with E-state index in [1.54, 1.807) is 23.3 Å². The molecular weight excluding hydrogens is 383 g/mol. The molecule has 0 amide bonds. The molecule has 0 bridgehead atoms. The van der Waals surface area contributed by atoms with E-state index in [-0.39, 0.29) is 11.9 Å². The minimum absolute atomic E-state index is 0.180. The van der Waals surface area contributed by atoms with Crippen LogP contribution in [-0.4, -0.2) is 51.4 Å². The number of benzene rings is 1. The van der Waals surface area contributed by atoms with Crippen LogP contribution >= 0.6 is 0 Å². The van der Waals surface area contributed by atoms with Gasteiger partial charge in [-0.25, -0.2) is 24.0 Å². The summed E-state index contributed by atoms with van der Waals surface area (Å²) in [4.78, 5) is 14.8. The van der Waals surface area contributed by atoms with E-state index in [2.05, 4.69) is 25.7 Å². The maximum absolute atomic E-state index is 14.0. The van der Waals surface area contributed by atoms with Gasteiger partial charge in [-0.15, -0.1) is 0 Å². The van der Waals surface area contributed by atoms with Crippen molar-refractivity contribution in [3.8, 4) is 5.69 Å². The highest BCUT2D eigenvalue weighted by atomic mass is 19.1. The average molecular weight is 408 g/mol. The van der Waals surface area contributed by atoms with E-state index in [4.69, 9.17) is 4.99 Å². The third-order valence-corrected chi connectivity index (χ3v) is 4.95. The molecule has 30 heavy (non-hydrogen) atoms. The van der Waals surface area contributed by atoms with Gasteiger partial charge in [0.1, 0.15) is 12.7 Å². The molecule has 8 nitrogen and oxygen atoms in total. The average Bonchev–Trinajstić information content (AvgIpc) is 3.45. The SMILES string of the molecule is CCNC(=NCc1ccc(-n2cncn2)cc1)NC1CCN(c2ncccc2F)C1. The number of halogens is 1. The molecule has 0 spiro atoms. The Labute approximate surface area is 174 Å². The van der Waals surface area contributed by atoms with Crippen molar-refractivity contribution in [3.63, 3.8) is 0 Å². The molecule has 1 unspecified atom stereocenters. The zero-order chi connectivity index (χ0) is 20.8. The van der Waals surface area contributed by atoms with E-state index in [0.29, 0.717) is 18.9 Å². The quantitative estimate of drug-likeness (QED) is 0.480. The molecule has 2 aromatic heterocycles.